The number of fused-ring (bicyclic) bond motifs is 2. The summed E-state index contributed by atoms with van der Waals surface area (Å²) in [6, 6.07) is 8.32. The van der Waals surface area contributed by atoms with E-state index < -0.39 is 61.9 Å². The third-order valence-corrected chi connectivity index (χ3v) is 9.41. The van der Waals surface area contributed by atoms with E-state index in [1.165, 1.54) is 46.2 Å². The first-order chi connectivity index (χ1) is 32.1. The van der Waals surface area contributed by atoms with E-state index in [2.05, 4.69) is 40.5 Å². The van der Waals surface area contributed by atoms with Crippen LogP contribution in [-0.2, 0) is 35.5 Å². The van der Waals surface area contributed by atoms with Gasteiger partial charge in [-0.1, -0.05) is 58.5 Å². The third kappa shape index (κ3) is 10.2. The van der Waals surface area contributed by atoms with Gasteiger partial charge in [-0.3, -0.25) is 29.4 Å². The highest BCUT2D eigenvalue weighted by molar-refractivity contribution is 6.42. The van der Waals surface area contributed by atoms with Crippen molar-refractivity contribution in [2.75, 3.05) is 76.2 Å². The molecular weight excluding hydrogens is 806 g/mol. The fourth-order valence-corrected chi connectivity index (χ4v) is 5.70. The van der Waals surface area contributed by atoms with Crippen LogP contribution in [0.5, 0.6) is 0 Å². The van der Waals surface area contributed by atoms with Gasteiger partial charge < -0.3 is 29.2 Å². The van der Waals surface area contributed by atoms with Gasteiger partial charge in [0.15, 0.2) is 22.3 Å². The summed E-state index contributed by atoms with van der Waals surface area (Å²) in [5, 5.41) is 5.66. The summed E-state index contributed by atoms with van der Waals surface area (Å²) in [4.78, 5) is 49.0. The number of aromatic amines is 2. The maximum Gasteiger partial charge on any atom is 0.278 e. The van der Waals surface area contributed by atoms with Gasteiger partial charge in [-0.05, 0) is 35.4 Å². The van der Waals surface area contributed by atoms with Crippen molar-refractivity contribution in [2.24, 2.45) is 0 Å². The predicted octanol–water partition coefficient (Wildman–Crippen LogP) is 4.74. The summed E-state index contributed by atoms with van der Waals surface area (Å²) >= 11 is 23.7. The largest absolute Gasteiger partial charge is 0.379 e. The molecule has 2 fully saturated rings. The summed E-state index contributed by atoms with van der Waals surface area (Å²) in [7, 11) is 0. The summed E-state index contributed by atoms with van der Waals surface area (Å²) in [5.41, 5.74) is -2.82. The first-order valence-corrected chi connectivity index (χ1v) is 18.2. The minimum atomic E-state index is -2.88. The molecule has 2 saturated heterocycles. The fourth-order valence-electron chi connectivity index (χ4n) is 5.10. The molecule has 0 radical (unpaired) electrons. The predicted molar refractivity (Wildman–Crippen MR) is 218 cm³/mol. The molecule has 0 spiro atoms. The van der Waals surface area contributed by atoms with E-state index in [0.29, 0.717) is 4.57 Å². The lowest BCUT2D eigenvalue weighted by Crippen LogP contribution is -2.38. The molecule has 2 aliphatic heterocycles. The lowest BCUT2D eigenvalue weighted by molar-refractivity contribution is 0.0364. The number of hydrogen-bond acceptors (Lipinski definition) is 12. The van der Waals surface area contributed by atoms with Crippen molar-refractivity contribution in [1.29, 1.82) is 0 Å². The van der Waals surface area contributed by atoms with Gasteiger partial charge in [-0.2, -0.15) is 9.97 Å². The number of aryl methyl sites for hydroxylation is 2. The molecular formula is C36H40Cl4N12O4. The Morgan fingerprint density at radius 3 is 1.62 bits per heavy atom. The van der Waals surface area contributed by atoms with Gasteiger partial charge in [-0.15, -0.1) is 0 Å². The smallest absolute Gasteiger partial charge is 0.278 e. The molecule has 0 bridgehead atoms. The Balaban J connectivity index is 0.000000204. The van der Waals surface area contributed by atoms with Crippen LogP contribution in [0.4, 0.5) is 11.9 Å². The molecule has 2 aliphatic rings. The third-order valence-electron chi connectivity index (χ3n) is 7.93. The Kier molecular flexibility index (Phi) is 8.93. The molecule has 56 heavy (non-hydrogen) atoms. The molecule has 0 amide bonds. The number of nitrogens with zero attached hydrogens (tertiary/aromatic N) is 8. The molecule has 0 atom stereocenters. The van der Waals surface area contributed by atoms with Crippen molar-refractivity contribution >= 4 is 80.6 Å². The standard InChI is InChI=1S/2C18H20Cl2N6O2/c2*19-13-2-1-12(9-14(13)20)10-21-18-23-16-15(17(27)24-18)26(11-22-16)4-3-25-5-7-28-8-6-25/h2*1-2,9,11H,3-8,10H2,(H2,21,23,24,27)/i3D2,4D2,10D2,11D;3D2,4D2,10D2. The number of hydrogen-bond donors (Lipinski definition) is 4. The molecule has 6 aromatic rings. The van der Waals surface area contributed by atoms with Gasteiger partial charge in [0.2, 0.25) is 11.9 Å². The van der Waals surface area contributed by atoms with Gasteiger partial charge in [0.1, 0.15) is 1.37 Å². The highest BCUT2D eigenvalue weighted by Gasteiger charge is 2.16. The summed E-state index contributed by atoms with van der Waals surface area (Å²) < 4.78 is 121. The quantitative estimate of drug-likeness (QED) is 0.133. The number of benzene rings is 2. The zero-order valence-corrected chi connectivity index (χ0v) is 31.9. The molecule has 20 heteroatoms. The van der Waals surface area contributed by atoms with Crippen molar-refractivity contribution in [3.05, 3.63) is 101 Å². The molecule has 6 heterocycles. The number of aromatic nitrogens is 8. The van der Waals surface area contributed by atoms with Crippen molar-refractivity contribution < 1.29 is 27.3 Å². The molecule has 4 aromatic heterocycles. The van der Waals surface area contributed by atoms with Crippen LogP contribution in [-0.4, -0.2) is 114 Å². The number of nitrogens with one attached hydrogen (secondary N) is 4. The average molecular weight is 860 g/mol. The highest BCUT2D eigenvalue weighted by atomic mass is 35.5. The van der Waals surface area contributed by atoms with Gasteiger partial charge in [0, 0.05) is 70.6 Å². The van der Waals surface area contributed by atoms with Crippen LogP contribution in [0.2, 0.25) is 20.1 Å². The van der Waals surface area contributed by atoms with E-state index in [1.807, 2.05) is 0 Å². The van der Waals surface area contributed by atoms with Crippen LogP contribution in [0.15, 0.2) is 58.6 Å². The van der Waals surface area contributed by atoms with Crippen molar-refractivity contribution in [3.63, 3.8) is 0 Å². The Morgan fingerprint density at radius 2 is 1.12 bits per heavy atom. The van der Waals surface area contributed by atoms with Gasteiger partial charge in [-0.25, -0.2) is 9.97 Å². The van der Waals surface area contributed by atoms with E-state index in [9.17, 15) is 9.59 Å². The van der Waals surface area contributed by atoms with Crippen molar-refractivity contribution in [3.8, 4) is 0 Å². The van der Waals surface area contributed by atoms with Crippen LogP contribution in [0.25, 0.3) is 22.3 Å². The molecule has 0 aliphatic carbocycles. The van der Waals surface area contributed by atoms with Crippen molar-refractivity contribution in [1.82, 2.24) is 48.8 Å². The molecule has 0 unspecified atom stereocenters. The maximum absolute atomic E-state index is 12.9. The number of H-pyrrole nitrogens is 2. The van der Waals surface area contributed by atoms with Crippen molar-refractivity contribution in [2.45, 2.75) is 26.0 Å². The van der Waals surface area contributed by atoms with E-state index in [-0.39, 0.29) is 113 Å². The number of morpholine rings is 2. The van der Waals surface area contributed by atoms with E-state index in [0.717, 1.165) is 10.9 Å². The Hall–Kier alpha value is -4.26. The van der Waals surface area contributed by atoms with E-state index in [4.69, 9.17) is 73.7 Å². The van der Waals surface area contributed by atoms with Gasteiger partial charge in [0.05, 0.1) is 70.1 Å². The fraction of sp³-hybridized carbons (Fsp3) is 0.389. The lowest BCUT2D eigenvalue weighted by atomic mass is 10.2. The summed E-state index contributed by atoms with van der Waals surface area (Å²) in [5.74, 6) is -0.587. The second-order valence-corrected chi connectivity index (χ2v) is 13.4. The molecule has 2 aromatic carbocycles. The highest BCUT2D eigenvalue weighted by Crippen LogP contribution is 2.24. The Bertz CT molecular complexity index is 3000. The number of anilines is 2. The van der Waals surface area contributed by atoms with Crippen LogP contribution < -0.4 is 21.8 Å². The van der Waals surface area contributed by atoms with Crippen LogP contribution >= 0.6 is 46.4 Å². The normalized spacial score (nSPS) is 20.2. The molecule has 0 saturated carbocycles. The van der Waals surface area contributed by atoms with Gasteiger partial charge >= 0.3 is 0 Å². The number of rotatable bonds is 12. The van der Waals surface area contributed by atoms with Crippen LogP contribution in [0.3, 0.4) is 0 Å². The molecule has 296 valence electrons. The number of imidazole rings is 2. The topological polar surface area (TPSA) is 176 Å². The minimum absolute atomic E-state index is 0.0939. The summed E-state index contributed by atoms with van der Waals surface area (Å²) in [6.07, 6.45) is 0.285. The molecule has 8 rings (SSSR count). The second-order valence-electron chi connectivity index (χ2n) is 11.7. The lowest BCUT2D eigenvalue weighted by Gasteiger charge is -2.26. The first-order valence-electron chi connectivity index (χ1n) is 23.2. The van der Waals surface area contributed by atoms with Gasteiger partial charge in [0.25, 0.3) is 11.1 Å². The molecule has 4 N–H and O–H groups in total. The zero-order valence-electron chi connectivity index (χ0n) is 41.9. The Morgan fingerprint density at radius 1 is 0.661 bits per heavy atom. The second kappa shape index (κ2) is 18.8. The monoisotopic (exact) mass is 857 g/mol. The van der Waals surface area contributed by atoms with E-state index >= 15 is 0 Å². The number of halogens is 4. The Labute approximate surface area is 359 Å². The minimum Gasteiger partial charge on any atom is -0.379 e. The number of ether oxygens (including phenoxy) is 2. The SMILES string of the molecule is [2H]C([2H])(Nc1nc2ncn(C([2H])([2H])C([2H])([2H])N3CCOCC3)c2c(=O)[nH]1)c1ccc(Cl)c(Cl)c1.[2H]c1nc2nc(NC([2H])([2H])c3ccc(Cl)c(Cl)c3)[nH]c(=O)c2n1C([2H])([2H])C([2H])([2H])N1CCOCC1. The maximum atomic E-state index is 12.9. The first kappa shape index (κ1) is 26.6. The van der Waals surface area contributed by atoms with Crippen LogP contribution in [0, 0.1) is 0 Å². The molecule has 16 nitrogen and oxygen atoms in total. The van der Waals surface area contributed by atoms with E-state index in [1.54, 1.807) is 0 Å². The van der Waals surface area contributed by atoms with Crippen LogP contribution in [0.1, 0.15) is 28.9 Å². The average Bonchev–Trinajstić information content (AvgIpc) is 3.88. The zero-order chi connectivity index (χ0) is 50.6. The summed E-state index contributed by atoms with van der Waals surface area (Å²) in [6.45, 7) is -13.6.